The van der Waals surface area contributed by atoms with Gasteiger partial charge in [-0.25, -0.2) is 4.79 Å². The third-order valence-corrected chi connectivity index (χ3v) is 11.6. The quantitative estimate of drug-likeness (QED) is 0.268. The first kappa shape index (κ1) is 37.2. The Hall–Kier alpha value is 0.783. The molecule has 1 aliphatic heterocycles. The van der Waals surface area contributed by atoms with Gasteiger partial charge < -0.3 is 29.9 Å². The molecule has 0 aromatic heterocycles. The van der Waals surface area contributed by atoms with Gasteiger partial charge in [-0.3, -0.25) is 4.79 Å². The van der Waals surface area contributed by atoms with Crippen LogP contribution in [0.3, 0.4) is 0 Å². The van der Waals surface area contributed by atoms with Crippen molar-refractivity contribution in [2.75, 3.05) is 6.61 Å². The standard InChI is InChI=1S/C32H44O8.2Ac/c1-16-13-22-31(37,15-39-22)26-19(4)32(38)14-21(40-28(36)24(33)17(2)20-11-9-8-10-12-20)18(3)23(29(32,5)6)25(34)27(35)30(16,26)7;;/h8-12,16-17,19,21-22,24-26,33-34,37-38H,13-15H2,1-7H3;;/t16-,17-,19-,21?,22?,24?,25?,26?,30+,31?,32?;;/m0../s1. The number of aliphatic hydroxyl groups excluding tert-OH is 2. The first-order valence-electron chi connectivity index (χ1n) is 14.5. The number of esters is 1. The van der Waals surface area contributed by atoms with Crippen LogP contribution in [-0.4, -0.2) is 74.4 Å². The van der Waals surface area contributed by atoms with Crippen LogP contribution in [0.15, 0.2) is 41.5 Å². The van der Waals surface area contributed by atoms with Crippen LogP contribution >= 0.6 is 0 Å². The van der Waals surface area contributed by atoms with Crippen LogP contribution in [0, 0.1) is 117 Å². The molecule has 1 aromatic rings. The van der Waals surface area contributed by atoms with Crippen molar-refractivity contribution in [2.24, 2.45) is 28.6 Å². The number of fused-ring (bicyclic) bond motifs is 5. The molecule has 2 saturated carbocycles. The van der Waals surface area contributed by atoms with Gasteiger partial charge in [-0.1, -0.05) is 71.9 Å². The van der Waals surface area contributed by atoms with Gasteiger partial charge in [0.1, 0.15) is 17.8 Å². The zero-order chi connectivity index (χ0) is 29.6. The van der Waals surface area contributed by atoms with E-state index >= 15 is 0 Å². The Morgan fingerprint density at radius 2 is 1.69 bits per heavy atom. The van der Waals surface area contributed by atoms with Gasteiger partial charge in [0.2, 0.25) is 0 Å². The number of hydrogen-bond donors (Lipinski definition) is 4. The maximum Gasteiger partial charge on any atom is 0.336 e. The summed E-state index contributed by atoms with van der Waals surface area (Å²) in [4.78, 5) is 27.5. The molecule has 5 rings (SSSR count). The Morgan fingerprint density at radius 3 is 2.24 bits per heavy atom. The Morgan fingerprint density at radius 1 is 1.10 bits per heavy atom. The Labute approximate surface area is 320 Å². The normalized spacial score (nSPS) is 41.7. The fraction of sp³-hybridized carbons (Fsp3) is 0.688. The SMILES string of the molecule is CC1=C2C(O)C(=O)[C@@]3(C)C([C@H](C)C(O)(CC1OC(=O)C(O)[C@@H](C)c1ccccc1)C2(C)C)C1(O)COC1C[C@@H]3C.[Ac].[Ac]. The molecule has 3 aliphatic carbocycles. The zero-order valence-electron chi connectivity index (χ0n) is 25.7. The topological polar surface area (TPSA) is 134 Å². The fourth-order valence-corrected chi connectivity index (χ4v) is 8.76. The molecular formula is C32H44Ac2O8. The molecule has 11 atom stereocenters. The summed E-state index contributed by atoms with van der Waals surface area (Å²) in [5, 5.41) is 47.2. The van der Waals surface area contributed by atoms with Crippen LogP contribution in [0.2, 0.25) is 0 Å². The van der Waals surface area contributed by atoms with Crippen molar-refractivity contribution in [3.8, 4) is 0 Å². The smallest absolute Gasteiger partial charge is 0.336 e. The molecule has 2 bridgehead atoms. The van der Waals surface area contributed by atoms with Crippen molar-refractivity contribution in [2.45, 2.75) is 103 Å². The second-order valence-corrected chi connectivity index (χ2v) is 13.7. The van der Waals surface area contributed by atoms with Gasteiger partial charge in [0.25, 0.3) is 0 Å². The van der Waals surface area contributed by atoms with Gasteiger partial charge in [0.05, 0.1) is 18.3 Å². The summed E-state index contributed by atoms with van der Waals surface area (Å²) in [6.07, 6.45) is -3.96. The number of rotatable bonds is 4. The van der Waals surface area contributed by atoms with Gasteiger partial charge in [-0.05, 0) is 41.9 Å². The first-order valence-corrected chi connectivity index (χ1v) is 14.5. The van der Waals surface area contributed by atoms with Crippen molar-refractivity contribution in [3.63, 3.8) is 0 Å². The first-order chi connectivity index (χ1) is 18.5. The number of ether oxygens (including phenoxy) is 2. The van der Waals surface area contributed by atoms with E-state index in [1.807, 2.05) is 51.1 Å². The Kier molecular flexibility index (Phi) is 11.3. The van der Waals surface area contributed by atoms with Gasteiger partial charge in [0, 0.05) is 117 Å². The molecule has 226 valence electrons. The summed E-state index contributed by atoms with van der Waals surface area (Å²) in [5.74, 6) is -3.30. The van der Waals surface area contributed by atoms with Crippen molar-refractivity contribution < 1.29 is 128 Å². The summed E-state index contributed by atoms with van der Waals surface area (Å²) < 4.78 is 11.6. The van der Waals surface area contributed by atoms with E-state index in [0.29, 0.717) is 17.6 Å². The number of Topliss-reactive ketones (excluding diaryl/α,β-unsaturated/α-hetero) is 1. The minimum Gasteiger partial charge on any atom is -0.456 e. The number of carbonyl (C=O) groups excluding carboxylic acids is 2. The van der Waals surface area contributed by atoms with Crippen LogP contribution in [0.1, 0.15) is 72.8 Å². The predicted molar refractivity (Wildman–Crippen MR) is 147 cm³/mol. The molecule has 7 unspecified atom stereocenters. The second kappa shape index (κ2) is 12.8. The van der Waals surface area contributed by atoms with E-state index in [1.54, 1.807) is 27.7 Å². The van der Waals surface area contributed by atoms with E-state index < -0.39 is 76.0 Å². The van der Waals surface area contributed by atoms with Gasteiger partial charge in [-0.2, -0.15) is 0 Å². The van der Waals surface area contributed by atoms with E-state index in [-0.39, 0.29) is 107 Å². The van der Waals surface area contributed by atoms with Gasteiger partial charge in [0.15, 0.2) is 11.9 Å². The summed E-state index contributed by atoms with van der Waals surface area (Å²) in [5.41, 5.74) is -3.47. The molecule has 2 radical (unpaired) electrons. The maximum absolute atomic E-state index is 14.3. The van der Waals surface area contributed by atoms with Crippen LogP contribution in [0.5, 0.6) is 0 Å². The molecule has 10 heteroatoms. The Balaban J connectivity index is 0.00000242. The van der Waals surface area contributed by atoms with E-state index in [9.17, 15) is 30.0 Å². The van der Waals surface area contributed by atoms with Gasteiger partial charge in [-0.15, -0.1) is 0 Å². The second-order valence-electron chi connectivity index (χ2n) is 13.7. The largest absolute Gasteiger partial charge is 0.456 e. The number of ketones is 1. The molecule has 0 amide bonds. The number of aliphatic hydroxyl groups is 4. The number of benzene rings is 1. The molecule has 3 fully saturated rings. The molecule has 0 spiro atoms. The molecule has 8 nitrogen and oxygen atoms in total. The number of carbonyl (C=O) groups is 2. The molecule has 1 heterocycles. The van der Waals surface area contributed by atoms with Gasteiger partial charge >= 0.3 is 5.97 Å². The van der Waals surface area contributed by atoms with Crippen molar-refractivity contribution in [1.82, 2.24) is 0 Å². The van der Waals surface area contributed by atoms with Crippen LogP contribution in [0.4, 0.5) is 0 Å². The average Bonchev–Trinajstić information content (AvgIpc) is 2.91. The monoisotopic (exact) mass is 1010 g/mol. The molecule has 4 N–H and O–H groups in total. The number of hydrogen-bond acceptors (Lipinski definition) is 8. The fourth-order valence-electron chi connectivity index (χ4n) is 8.76. The van der Waals surface area contributed by atoms with Crippen molar-refractivity contribution >= 4 is 11.8 Å². The summed E-state index contributed by atoms with van der Waals surface area (Å²) in [7, 11) is 0. The molecule has 4 aliphatic rings. The summed E-state index contributed by atoms with van der Waals surface area (Å²) >= 11 is 0. The average molecular weight is 1010 g/mol. The van der Waals surface area contributed by atoms with E-state index in [0.717, 1.165) is 5.56 Å². The Bertz CT molecular complexity index is 1240. The van der Waals surface area contributed by atoms with Crippen LogP contribution < -0.4 is 0 Å². The van der Waals surface area contributed by atoms with E-state index in [1.165, 1.54) is 0 Å². The molecular weight excluding hydrogens is 966 g/mol. The van der Waals surface area contributed by atoms with E-state index in [4.69, 9.17) is 9.47 Å². The third-order valence-electron chi connectivity index (χ3n) is 11.6. The van der Waals surface area contributed by atoms with Crippen molar-refractivity contribution in [3.05, 3.63) is 47.0 Å². The van der Waals surface area contributed by atoms with Crippen LogP contribution in [-0.2, 0) is 19.1 Å². The maximum atomic E-state index is 14.3. The predicted octanol–water partition coefficient (Wildman–Crippen LogP) is 2.91. The molecule has 1 aromatic carbocycles. The molecule has 1 saturated heterocycles. The zero-order valence-corrected chi connectivity index (χ0v) is 35.2. The minimum atomic E-state index is -1.57. The third kappa shape index (κ3) is 5.26. The summed E-state index contributed by atoms with van der Waals surface area (Å²) in [6.45, 7) is 12.7. The summed E-state index contributed by atoms with van der Waals surface area (Å²) in [6, 6.07) is 9.16. The van der Waals surface area contributed by atoms with E-state index in [2.05, 4.69) is 0 Å². The minimum absolute atomic E-state index is 0. The van der Waals surface area contributed by atoms with Crippen LogP contribution in [0.25, 0.3) is 0 Å². The van der Waals surface area contributed by atoms with Crippen molar-refractivity contribution in [1.29, 1.82) is 0 Å². The molecule has 42 heavy (non-hydrogen) atoms.